The number of methoxy groups -OCH3 is 1. The second-order valence-electron chi connectivity index (χ2n) is 13.9. The van der Waals surface area contributed by atoms with Crippen molar-refractivity contribution in [1.29, 1.82) is 0 Å². The van der Waals surface area contributed by atoms with Crippen LogP contribution in [0.25, 0.3) is 5.57 Å². The second kappa shape index (κ2) is 12.7. The summed E-state index contributed by atoms with van der Waals surface area (Å²) < 4.78 is 95.6. The summed E-state index contributed by atoms with van der Waals surface area (Å²) in [5, 5.41) is 2.49. The minimum Gasteiger partial charge on any atom is -0.496 e. The summed E-state index contributed by atoms with van der Waals surface area (Å²) in [7, 11) is 1.47. The van der Waals surface area contributed by atoms with Gasteiger partial charge in [0.25, 0.3) is 0 Å². The molecule has 3 aliphatic rings. The molecule has 6 rings (SSSR count). The first-order valence-corrected chi connectivity index (χ1v) is 16.4. The van der Waals surface area contributed by atoms with Gasteiger partial charge >= 0.3 is 18.4 Å². The third kappa shape index (κ3) is 6.56. The van der Waals surface area contributed by atoms with Crippen LogP contribution < -0.4 is 10.1 Å². The van der Waals surface area contributed by atoms with E-state index in [2.05, 4.69) is 5.32 Å². The average molecular weight is 701 g/mol. The van der Waals surface area contributed by atoms with E-state index in [0.29, 0.717) is 29.7 Å². The first-order chi connectivity index (χ1) is 23.5. The number of amides is 2. The Balaban J connectivity index is 1.33. The van der Waals surface area contributed by atoms with Crippen LogP contribution in [0, 0.1) is 12.3 Å². The minimum atomic E-state index is -4.89. The van der Waals surface area contributed by atoms with E-state index in [-0.39, 0.29) is 28.8 Å². The highest BCUT2D eigenvalue weighted by Crippen LogP contribution is 2.59. The van der Waals surface area contributed by atoms with E-state index in [1.54, 1.807) is 38.1 Å². The van der Waals surface area contributed by atoms with Crippen LogP contribution in [-0.4, -0.2) is 42.8 Å². The number of nitrogens with one attached hydrogen (secondary N) is 1. The van der Waals surface area contributed by atoms with E-state index < -0.39 is 47.5 Å². The molecule has 1 heterocycles. The number of allylic oxidation sites excluding steroid dienone is 1. The van der Waals surface area contributed by atoms with Gasteiger partial charge < -0.3 is 14.8 Å². The van der Waals surface area contributed by atoms with Gasteiger partial charge in [-0.3, -0.25) is 9.69 Å². The van der Waals surface area contributed by atoms with Gasteiger partial charge in [-0.15, -0.1) is 0 Å². The summed E-state index contributed by atoms with van der Waals surface area (Å²) in [4.78, 5) is 28.3. The van der Waals surface area contributed by atoms with E-state index in [0.717, 1.165) is 49.5 Å². The molecule has 1 saturated carbocycles. The Kier molecular flexibility index (Phi) is 8.97. The molecule has 3 aromatic rings. The highest BCUT2D eigenvalue weighted by Gasteiger charge is 2.58. The number of alkyl halides is 6. The molecule has 1 N–H and O–H groups in total. The van der Waals surface area contributed by atoms with E-state index in [1.165, 1.54) is 42.3 Å². The van der Waals surface area contributed by atoms with Crippen LogP contribution in [0.5, 0.6) is 5.75 Å². The Morgan fingerprint density at radius 2 is 1.68 bits per heavy atom. The van der Waals surface area contributed by atoms with Crippen LogP contribution in [0.1, 0.15) is 79.9 Å². The zero-order chi connectivity index (χ0) is 36.2. The average Bonchev–Trinajstić information content (AvgIpc) is 3.75. The Bertz CT molecular complexity index is 1830. The van der Waals surface area contributed by atoms with Crippen molar-refractivity contribution in [3.63, 3.8) is 0 Å². The molecule has 3 aromatic carbocycles. The van der Waals surface area contributed by atoms with Crippen LogP contribution in [0.15, 0.2) is 72.3 Å². The summed E-state index contributed by atoms with van der Waals surface area (Å²) in [6.45, 7) is 4.29. The number of hydrogen-bond acceptors (Lipinski definition) is 4. The molecule has 12 heteroatoms. The zero-order valence-electron chi connectivity index (χ0n) is 28.1. The fourth-order valence-electron chi connectivity index (χ4n) is 7.27. The number of cyclic esters (lactones) is 1. The number of halogens is 6. The summed E-state index contributed by atoms with van der Waals surface area (Å²) in [5.41, 5.74) is -0.655. The van der Waals surface area contributed by atoms with Crippen LogP contribution in [0.2, 0.25) is 0 Å². The number of benzene rings is 3. The summed E-state index contributed by atoms with van der Waals surface area (Å²) >= 11 is 0. The molecule has 2 amide bonds. The molecular weight excluding hydrogens is 662 g/mol. The number of ether oxygens (including phenoxy) is 2. The van der Waals surface area contributed by atoms with Crippen molar-refractivity contribution in [2.45, 2.75) is 82.8 Å². The van der Waals surface area contributed by atoms with Gasteiger partial charge in [-0.05, 0) is 111 Å². The quantitative estimate of drug-likeness (QED) is 0.238. The number of carbonyl (C=O) groups is 2. The number of anilines is 1. The zero-order valence-corrected chi connectivity index (χ0v) is 28.1. The molecule has 0 aromatic heterocycles. The number of rotatable bonds is 8. The molecule has 0 unspecified atom stereocenters. The molecule has 266 valence electrons. The Morgan fingerprint density at radius 3 is 2.30 bits per heavy atom. The van der Waals surface area contributed by atoms with Crippen LogP contribution >= 0.6 is 0 Å². The van der Waals surface area contributed by atoms with Crippen molar-refractivity contribution in [2.75, 3.05) is 19.0 Å². The molecule has 50 heavy (non-hydrogen) atoms. The lowest BCUT2D eigenvalue weighted by atomic mass is 9.78. The lowest BCUT2D eigenvalue weighted by Gasteiger charge is -2.32. The predicted molar refractivity (Wildman–Crippen MR) is 175 cm³/mol. The molecule has 3 atom stereocenters. The highest BCUT2D eigenvalue weighted by molar-refractivity contribution is 6.00. The molecular formula is C38H38F6N2O4. The molecule has 0 bridgehead atoms. The molecule has 1 aliphatic heterocycles. The monoisotopic (exact) mass is 700 g/mol. The lowest BCUT2D eigenvalue weighted by molar-refractivity contribution is -0.188. The van der Waals surface area contributed by atoms with Crippen LogP contribution in [-0.2, 0) is 21.1 Å². The fraction of sp³-hybridized carbons (Fsp3) is 0.421. The van der Waals surface area contributed by atoms with Crippen molar-refractivity contribution in [3.8, 4) is 5.75 Å². The molecule has 2 aliphatic carbocycles. The molecule has 1 saturated heterocycles. The van der Waals surface area contributed by atoms with E-state index in [1.807, 2.05) is 0 Å². The number of nitrogens with zero attached hydrogens (tertiary/aromatic N) is 1. The minimum absolute atomic E-state index is 0.0759. The molecule has 2 fully saturated rings. The van der Waals surface area contributed by atoms with Gasteiger partial charge in [0.2, 0.25) is 5.91 Å². The van der Waals surface area contributed by atoms with Crippen LogP contribution in [0.3, 0.4) is 0 Å². The topological polar surface area (TPSA) is 67.9 Å². The van der Waals surface area contributed by atoms with E-state index >= 15 is 0 Å². The predicted octanol–water partition coefficient (Wildman–Crippen LogP) is 9.78. The molecule has 1 spiro atoms. The standard InChI is InChI=1S/C38H38F6N2O4/c1-22-16-24(18-27(17-22)37(39,40)41)32-23(2)46(34(48)50-32)21-25-20-36(14-15-36)13-12-29(25)30-19-28(10-11-31(30)49-4)45-33(47)35(3,38(42,43)44)26-8-6-5-7-9-26/h5-11,16-19,23,32H,12-15,20-21H2,1-4H3,(H,45,47)/t23-,32-,35-/m0/s1. The lowest BCUT2D eigenvalue weighted by Crippen LogP contribution is -2.49. The normalized spacial score (nSPS) is 21.6. The van der Waals surface area contributed by atoms with Gasteiger partial charge in [-0.25, -0.2) is 4.79 Å². The van der Waals surface area contributed by atoms with Gasteiger partial charge in [0.05, 0.1) is 18.7 Å². The van der Waals surface area contributed by atoms with Gasteiger partial charge in [0.15, 0.2) is 5.41 Å². The van der Waals surface area contributed by atoms with E-state index in [9.17, 15) is 35.9 Å². The second-order valence-corrected chi connectivity index (χ2v) is 13.9. The third-order valence-corrected chi connectivity index (χ3v) is 10.5. The van der Waals surface area contributed by atoms with Crippen molar-refractivity contribution in [2.24, 2.45) is 5.41 Å². The largest absolute Gasteiger partial charge is 0.496 e. The van der Waals surface area contributed by atoms with Gasteiger partial charge in [-0.1, -0.05) is 42.0 Å². The van der Waals surface area contributed by atoms with Gasteiger partial charge in [-0.2, -0.15) is 26.3 Å². The van der Waals surface area contributed by atoms with Crippen molar-refractivity contribution in [1.82, 2.24) is 4.90 Å². The van der Waals surface area contributed by atoms with Crippen LogP contribution in [0.4, 0.5) is 36.8 Å². The number of carbonyl (C=O) groups excluding carboxylic acids is 2. The Hall–Kier alpha value is -4.48. The number of hydrogen-bond donors (Lipinski definition) is 1. The smallest absolute Gasteiger partial charge is 0.416 e. The SMILES string of the molecule is COc1ccc(NC(=O)[C@](C)(c2ccccc2)C(F)(F)F)cc1C1=C(CN2C(=O)O[C@H](c3cc(C)cc(C(F)(F)F)c3)[C@@H]2C)CC2(CC1)CC2. The number of aryl methyl sites for hydroxylation is 1. The van der Waals surface area contributed by atoms with Crippen molar-refractivity contribution < 1.29 is 45.4 Å². The Morgan fingerprint density at radius 1 is 0.980 bits per heavy atom. The van der Waals surface area contributed by atoms with E-state index in [4.69, 9.17) is 9.47 Å². The summed E-state index contributed by atoms with van der Waals surface area (Å²) in [5.74, 6) is -0.801. The van der Waals surface area contributed by atoms with Gasteiger partial charge in [0, 0.05) is 17.8 Å². The molecule has 6 nitrogen and oxygen atoms in total. The van der Waals surface area contributed by atoms with Crippen molar-refractivity contribution in [3.05, 3.63) is 100 Å². The maximum atomic E-state index is 14.5. The first-order valence-electron chi connectivity index (χ1n) is 16.4. The van der Waals surface area contributed by atoms with Gasteiger partial charge in [0.1, 0.15) is 11.9 Å². The maximum absolute atomic E-state index is 14.5. The molecule has 0 radical (unpaired) electrons. The third-order valence-electron chi connectivity index (χ3n) is 10.5. The maximum Gasteiger partial charge on any atom is 0.416 e. The summed E-state index contributed by atoms with van der Waals surface area (Å²) in [6.07, 6.45) is -6.89. The summed E-state index contributed by atoms with van der Waals surface area (Å²) in [6, 6.07) is 14.7. The Labute approximate surface area is 286 Å². The highest BCUT2D eigenvalue weighted by atomic mass is 19.4. The van der Waals surface area contributed by atoms with Crippen molar-refractivity contribution >= 4 is 23.3 Å². The first kappa shape index (κ1) is 35.3. The fourth-order valence-corrected chi connectivity index (χ4v) is 7.27.